The number of ether oxygens (including phenoxy) is 2. The minimum Gasteiger partial charge on any atom is -0.497 e. The molecule has 1 N–H and O–H groups in total. The SMILES string of the molecule is COc1ccc(NC2=C(c3ccc(OC)cc3)C(=O)N(Cc3ccc(Cl)cc3)C2=O)cc1. The molecular formula is C25H21ClN2O4. The fourth-order valence-corrected chi connectivity index (χ4v) is 3.58. The molecule has 1 aliphatic rings. The largest absolute Gasteiger partial charge is 0.497 e. The average Bonchev–Trinajstić information content (AvgIpc) is 3.05. The highest BCUT2D eigenvalue weighted by Crippen LogP contribution is 2.32. The maximum Gasteiger partial charge on any atom is 0.278 e. The lowest BCUT2D eigenvalue weighted by Crippen LogP contribution is -2.32. The lowest BCUT2D eigenvalue weighted by Gasteiger charge is -2.15. The Bertz CT molecular complexity index is 1170. The number of methoxy groups -OCH3 is 2. The normalized spacial score (nSPS) is 13.5. The smallest absolute Gasteiger partial charge is 0.278 e. The topological polar surface area (TPSA) is 67.9 Å². The van der Waals surface area contributed by atoms with Gasteiger partial charge in [-0.05, 0) is 59.7 Å². The summed E-state index contributed by atoms with van der Waals surface area (Å²) in [6, 6.07) is 21.2. The number of anilines is 1. The van der Waals surface area contributed by atoms with Crippen LogP contribution < -0.4 is 14.8 Å². The van der Waals surface area contributed by atoms with Crippen molar-refractivity contribution in [1.29, 1.82) is 0 Å². The van der Waals surface area contributed by atoms with Crippen molar-refractivity contribution in [3.8, 4) is 11.5 Å². The Morgan fingerprint density at radius 1 is 0.781 bits per heavy atom. The summed E-state index contributed by atoms with van der Waals surface area (Å²) in [5.74, 6) is 0.588. The molecule has 0 bridgehead atoms. The lowest BCUT2D eigenvalue weighted by atomic mass is 10.0. The molecule has 6 nitrogen and oxygen atoms in total. The highest BCUT2D eigenvalue weighted by Gasteiger charge is 2.39. The number of amides is 2. The van der Waals surface area contributed by atoms with Crippen molar-refractivity contribution >= 4 is 34.7 Å². The van der Waals surface area contributed by atoms with E-state index in [0.717, 1.165) is 5.56 Å². The van der Waals surface area contributed by atoms with Gasteiger partial charge in [-0.2, -0.15) is 0 Å². The minimum atomic E-state index is -0.397. The van der Waals surface area contributed by atoms with Gasteiger partial charge < -0.3 is 14.8 Å². The molecule has 0 saturated heterocycles. The Morgan fingerprint density at radius 3 is 1.91 bits per heavy atom. The van der Waals surface area contributed by atoms with Crippen molar-refractivity contribution in [2.24, 2.45) is 0 Å². The number of carbonyl (C=O) groups excluding carboxylic acids is 2. The molecule has 0 radical (unpaired) electrons. The maximum atomic E-state index is 13.4. The third-order valence-electron chi connectivity index (χ3n) is 5.16. The molecule has 0 saturated carbocycles. The maximum absolute atomic E-state index is 13.4. The first kappa shape index (κ1) is 21.5. The fraction of sp³-hybridized carbons (Fsp3) is 0.120. The van der Waals surface area contributed by atoms with E-state index in [1.54, 1.807) is 87.0 Å². The number of hydrogen-bond acceptors (Lipinski definition) is 5. The van der Waals surface area contributed by atoms with E-state index in [-0.39, 0.29) is 18.1 Å². The Hall–Kier alpha value is -3.77. The summed E-state index contributed by atoms with van der Waals surface area (Å²) in [6.45, 7) is 0.141. The van der Waals surface area contributed by atoms with Crippen LogP contribution in [-0.2, 0) is 16.1 Å². The predicted molar refractivity (Wildman–Crippen MR) is 124 cm³/mol. The first-order valence-electron chi connectivity index (χ1n) is 9.90. The lowest BCUT2D eigenvalue weighted by molar-refractivity contribution is -0.137. The van der Waals surface area contributed by atoms with Gasteiger partial charge in [-0.1, -0.05) is 35.9 Å². The van der Waals surface area contributed by atoms with Gasteiger partial charge in [0.05, 0.1) is 26.3 Å². The molecular weight excluding hydrogens is 428 g/mol. The molecule has 32 heavy (non-hydrogen) atoms. The summed E-state index contributed by atoms with van der Waals surface area (Å²) in [7, 11) is 3.16. The molecule has 0 spiro atoms. The van der Waals surface area contributed by atoms with E-state index < -0.39 is 5.91 Å². The summed E-state index contributed by atoms with van der Waals surface area (Å²) in [4.78, 5) is 27.9. The summed E-state index contributed by atoms with van der Waals surface area (Å²) in [5, 5.41) is 3.72. The monoisotopic (exact) mass is 448 g/mol. The summed E-state index contributed by atoms with van der Waals surface area (Å²) >= 11 is 5.96. The molecule has 0 aliphatic carbocycles. The van der Waals surface area contributed by atoms with Gasteiger partial charge in [-0.15, -0.1) is 0 Å². The fourth-order valence-electron chi connectivity index (χ4n) is 3.45. The van der Waals surface area contributed by atoms with E-state index in [0.29, 0.717) is 33.3 Å². The van der Waals surface area contributed by atoms with E-state index in [4.69, 9.17) is 21.1 Å². The van der Waals surface area contributed by atoms with Crippen LogP contribution in [0.5, 0.6) is 11.5 Å². The van der Waals surface area contributed by atoms with Crippen LogP contribution in [0.1, 0.15) is 11.1 Å². The number of hydrogen-bond donors (Lipinski definition) is 1. The van der Waals surface area contributed by atoms with E-state index in [1.165, 1.54) is 4.90 Å². The van der Waals surface area contributed by atoms with E-state index >= 15 is 0 Å². The van der Waals surface area contributed by atoms with Crippen LogP contribution in [0.4, 0.5) is 5.69 Å². The Morgan fingerprint density at radius 2 is 1.34 bits per heavy atom. The number of nitrogens with one attached hydrogen (secondary N) is 1. The molecule has 0 fully saturated rings. The van der Waals surface area contributed by atoms with Crippen molar-refractivity contribution < 1.29 is 19.1 Å². The molecule has 1 heterocycles. The number of rotatable bonds is 7. The second-order valence-corrected chi connectivity index (χ2v) is 7.59. The molecule has 0 unspecified atom stereocenters. The molecule has 3 aromatic rings. The van der Waals surface area contributed by atoms with Gasteiger partial charge in [-0.3, -0.25) is 14.5 Å². The van der Waals surface area contributed by atoms with Crippen LogP contribution in [0, 0.1) is 0 Å². The molecule has 0 aromatic heterocycles. The van der Waals surface area contributed by atoms with Crippen molar-refractivity contribution in [1.82, 2.24) is 4.90 Å². The summed E-state index contributed by atoms with van der Waals surface area (Å²) in [5.41, 5.74) is 2.62. The minimum absolute atomic E-state index is 0.141. The number of benzene rings is 3. The second-order valence-electron chi connectivity index (χ2n) is 7.15. The quantitative estimate of drug-likeness (QED) is 0.528. The number of imide groups is 1. The third-order valence-corrected chi connectivity index (χ3v) is 5.41. The Balaban J connectivity index is 1.71. The van der Waals surface area contributed by atoms with Gasteiger partial charge in [0.25, 0.3) is 11.8 Å². The van der Waals surface area contributed by atoms with Crippen LogP contribution in [0.3, 0.4) is 0 Å². The summed E-state index contributed by atoms with van der Waals surface area (Å²) in [6.07, 6.45) is 0. The van der Waals surface area contributed by atoms with Crippen LogP contribution in [0.25, 0.3) is 5.57 Å². The highest BCUT2D eigenvalue weighted by molar-refractivity contribution is 6.36. The number of carbonyl (C=O) groups is 2. The zero-order valence-corrected chi connectivity index (χ0v) is 18.3. The van der Waals surface area contributed by atoms with Gasteiger partial charge in [0.2, 0.25) is 0 Å². The van der Waals surface area contributed by atoms with Gasteiger partial charge in [-0.25, -0.2) is 0 Å². The van der Waals surface area contributed by atoms with Gasteiger partial charge in [0.1, 0.15) is 17.2 Å². The Labute approximate surface area is 191 Å². The van der Waals surface area contributed by atoms with Crippen LogP contribution >= 0.6 is 11.6 Å². The van der Waals surface area contributed by atoms with Crippen LogP contribution in [0.2, 0.25) is 5.02 Å². The molecule has 0 atom stereocenters. The standard InChI is InChI=1S/C25H21ClN2O4/c1-31-20-11-5-17(6-12-20)22-23(27-19-9-13-21(32-2)14-10-19)25(30)28(24(22)29)15-16-3-7-18(26)8-4-16/h3-14,27H,15H2,1-2H3. The molecule has 3 aromatic carbocycles. The van der Waals surface area contributed by atoms with E-state index in [1.807, 2.05) is 0 Å². The van der Waals surface area contributed by atoms with Gasteiger partial charge >= 0.3 is 0 Å². The Kier molecular flexibility index (Phi) is 6.14. The summed E-state index contributed by atoms with van der Waals surface area (Å²) < 4.78 is 10.4. The van der Waals surface area contributed by atoms with Crippen molar-refractivity contribution in [3.63, 3.8) is 0 Å². The number of halogens is 1. The first-order chi connectivity index (χ1) is 15.5. The van der Waals surface area contributed by atoms with Crippen molar-refractivity contribution in [2.75, 3.05) is 19.5 Å². The molecule has 2 amide bonds. The van der Waals surface area contributed by atoms with Crippen LogP contribution in [-0.4, -0.2) is 30.9 Å². The second kappa shape index (κ2) is 9.16. The molecule has 4 rings (SSSR count). The molecule has 1 aliphatic heterocycles. The van der Waals surface area contributed by atoms with Gasteiger partial charge in [0.15, 0.2) is 0 Å². The van der Waals surface area contributed by atoms with Crippen LogP contribution in [0.15, 0.2) is 78.5 Å². The van der Waals surface area contributed by atoms with E-state index in [2.05, 4.69) is 5.32 Å². The van der Waals surface area contributed by atoms with Crippen molar-refractivity contribution in [2.45, 2.75) is 6.54 Å². The number of nitrogens with zero attached hydrogens (tertiary/aromatic N) is 1. The zero-order valence-electron chi connectivity index (χ0n) is 17.6. The average molecular weight is 449 g/mol. The third kappa shape index (κ3) is 4.31. The van der Waals surface area contributed by atoms with Crippen molar-refractivity contribution in [3.05, 3.63) is 94.6 Å². The predicted octanol–water partition coefficient (Wildman–Crippen LogP) is 4.75. The molecule has 162 valence electrons. The first-order valence-corrected chi connectivity index (χ1v) is 10.3. The highest BCUT2D eigenvalue weighted by atomic mass is 35.5. The van der Waals surface area contributed by atoms with E-state index in [9.17, 15) is 9.59 Å². The molecule has 7 heteroatoms. The van der Waals surface area contributed by atoms with Gasteiger partial charge in [0, 0.05) is 10.7 Å². The zero-order chi connectivity index (χ0) is 22.7.